The summed E-state index contributed by atoms with van der Waals surface area (Å²) in [6.07, 6.45) is 0. The quantitative estimate of drug-likeness (QED) is 0.914. The van der Waals surface area contributed by atoms with Crippen LogP contribution >= 0.6 is 22.9 Å². The molecule has 106 valence electrons. The Labute approximate surface area is 126 Å². The lowest BCUT2D eigenvalue weighted by Crippen LogP contribution is -2.29. The molecule has 1 aromatic heterocycles. The summed E-state index contributed by atoms with van der Waals surface area (Å²) < 4.78 is 13.0. The first kappa shape index (κ1) is 15.0. The Kier molecular flexibility index (Phi) is 5.11. The maximum Gasteiger partial charge on any atom is 0.238 e. The van der Waals surface area contributed by atoms with Gasteiger partial charge in [-0.2, -0.15) is 11.3 Å². The summed E-state index contributed by atoms with van der Waals surface area (Å²) in [5.41, 5.74) is 1.67. The Hall–Kier alpha value is -1.43. The van der Waals surface area contributed by atoms with Crippen LogP contribution in [0.1, 0.15) is 5.56 Å². The number of likely N-dealkylation sites (N-methyl/N-ethyl adjacent to an activating group) is 1. The third-order valence-electron chi connectivity index (χ3n) is 2.65. The summed E-state index contributed by atoms with van der Waals surface area (Å²) in [7, 11) is 1.87. The Bertz CT molecular complexity index is 589. The Balaban J connectivity index is 1.87. The molecule has 0 aliphatic carbocycles. The number of benzene rings is 1. The second-order valence-corrected chi connectivity index (χ2v) is 5.67. The molecule has 0 radical (unpaired) electrons. The van der Waals surface area contributed by atoms with Gasteiger partial charge in [0.25, 0.3) is 0 Å². The molecule has 1 heterocycles. The highest BCUT2D eigenvalue weighted by Gasteiger charge is 2.09. The standard InChI is InChI=1S/C14H14ClFN2OS/c1-18(7-10-4-5-20-9-10)8-14(19)17-11-2-3-13(16)12(15)6-11/h2-6,9H,7-8H2,1H3,(H,17,19). The number of hydrogen-bond donors (Lipinski definition) is 1. The van der Waals surface area contributed by atoms with Crippen molar-refractivity contribution in [1.29, 1.82) is 0 Å². The van der Waals surface area contributed by atoms with Gasteiger partial charge in [0.1, 0.15) is 5.82 Å². The lowest BCUT2D eigenvalue weighted by atomic mass is 10.3. The van der Waals surface area contributed by atoms with Crippen LogP contribution in [0.4, 0.5) is 10.1 Å². The van der Waals surface area contributed by atoms with E-state index in [4.69, 9.17) is 11.6 Å². The summed E-state index contributed by atoms with van der Waals surface area (Å²) in [5.74, 6) is -0.662. The molecule has 2 aromatic rings. The molecule has 0 aliphatic heterocycles. The van der Waals surface area contributed by atoms with Gasteiger partial charge in [0.2, 0.25) is 5.91 Å². The molecule has 0 saturated heterocycles. The van der Waals surface area contributed by atoms with Crippen LogP contribution in [0.5, 0.6) is 0 Å². The van der Waals surface area contributed by atoms with Crippen LogP contribution in [-0.2, 0) is 11.3 Å². The summed E-state index contributed by atoms with van der Waals surface area (Å²) >= 11 is 7.29. The fourth-order valence-electron chi connectivity index (χ4n) is 1.77. The van der Waals surface area contributed by atoms with Crippen LogP contribution < -0.4 is 5.32 Å². The first-order valence-electron chi connectivity index (χ1n) is 5.99. The van der Waals surface area contributed by atoms with Crippen LogP contribution in [0.25, 0.3) is 0 Å². The Morgan fingerprint density at radius 1 is 1.45 bits per heavy atom. The average molecular weight is 313 g/mol. The van der Waals surface area contributed by atoms with Gasteiger partial charge >= 0.3 is 0 Å². The van der Waals surface area contributed by atoms with Crippen molar-refractivity contribution in [2.24, 2.45) is 0 Å². The van der Waals surface area contributed by atoms with Crippen LogP contribution in [0.2, 0.25) is 5.02 Å². The van der Waals surface area contributed by atoms with Gasteiger partial charge in [-0.25, -0.2) is 4.39 Å². The van der Waals surface area contributed by atoms with Gasteiger partial charge in [-0.1, -0.05) is 11.6 Å². The van der Waals surface area contributed by atoms with Crippen molar-refractivity contribution in [2.45, 2.75) is 6.54 Å². The third-order valence-corrected chi connectivity index (χ3v) is 3.67. The van der Waals surface area contributed by atoms with Gasteiger partial charge in [-0.15, -0.1) is 0 Å². The topological polar surface area (TPSA) is 32.3 Å². The highest BCUT2D eigenvalue weighted by molar-refractivity contribution is 7.07. The number of nitrogens with zero attached hydrogens (tertiary/aromatic N) is 1. The molecule has 3 nitrogen and oxygen atoms in total. The number of carbonyl (C=O) groups excluding carboxylic acids is 1. The SMILES string of the molecule is CN(CC(=O)Nc1ccc(F)c(Cl)c1)Cc1ccsc1. The van der Waals surface area contributed by atoms with E-state index >= 15 is 0 Å². The normalized spacial score (nSPS) is 10.8. The number of rotatable bonds is 5. The molecule has 6 heteroatoms. The first-order valence-corrected chi connectivity index (χ1v) is 7.31. The highest BCUT2D eigenvalue weighted by Crippen LogP contribution is 2.19. The molecular formula is C14H14ClFN2OS. The lowest BCUT2D eigenvalue weighted by molar-refractivity contribution is -0.117. The lowest BCUT2D eigenvalue weighted by Gasteiger charge is -2.15. The molecule has 20 heavy (non-hydrogen) atoms. The summed E-state index contributed by atoms with van der Waals surface area (Å²) in [4.78, 5) is 13.8. The molecule has 0 unspecified atom stereocenters. The van der Waals surface area contributed by atoms with Gasteiger partial charge in [0.05, 0.1) is 11.6 Å². The van der Waals surface area contributed by atoms with E-state index in [1.54, 1.807) is 11.3 Å². The molecule has 1 aromatic carbocycles. The van der Waals surface area contributed by atoms with E-state index < -0.39 is 5.82 Å². The predicted molar refractivity (Wildman–Crippen MR) is 80.7 cm³/mol. The molecule has 2 rings (SSSR count). The molecule has 0 atom stereocenters. The van der Waals surface area contributed by atoms with Crippen LogP contribution in [0, 0.1) is 5.82 Å². The van der Waals surface area contributed by atoms with E-state index in [9.17, 15) is 9.18 Å². The van der Waals surface area contributed by atoms with Crippen LogP contribution in [0.15, 0.2) is 35.0 Å². The zero-order chi connectivity index (χ0) is 14.5. The highest BCUT2D eigenvalue weighted by atomic mass is 35.5. The van der Waals surface area contributed by atoms with E-state index in [-0.39, 0.29) is 17.5 Å². The number of amides is 1. The Morgan fingerprint density at radius 3 is 2.90 bits per heavy atom. The maximum atomic E-state index is 13.0. The van der Waals surface area contributed by atoms with Gasteiger partial charge < -0.3 is 5.32 Å². The number of nitrogens with one attached hydrogen (secondary N) is 1. The molecule has 1 N–H and O–H groups in total. The second kappa shape index (κ2) is 6.83. The van der Waals surface area contributed by atoms with E-state index in [0.29, 0.717) is 12.2 Å². The number of hydrogen-bond acceptors (Lipinski definition) is 3. The minimum absolute atomic E-state index is 0.00516. The summed E-state index contributed by atoms with van der Waals surface area (Å²) in [5, 5.41) is 6.74. The van der Waals surface area contributed by atoms with Crippen molar-refractivity contribution in [3.05, 3.63) is 51.4 Å². The summed E-state index contributed by atoms with van der Waals surface area (Å²) in [6, 6.07) is 6.14. The van der Waals surface area contributed by atoms with Gasteiger partial charge in [0, 0.05) is 12.2 Å². The second-order valence-electron chi connectivity index (χ2n) is 4.48. The third kappa shape index (κ3) is 4.30. The van der Waals surface area contributed by atoms with Gasteiger partial charge in [-0.3, -0.25) is 9.69 Å². The zero-order valence-corrected chi connectivity index (χ0v) is 12.5. The number of halogens is 2. The van der Waals surface area contributed by atoms with E-state index in [2.05, 4.69) is 5.32 Å². The van der Waals surface area contributed by atoms with Crippen LogP contribution in [-0.4, -0.2) is 24.4 Å². The maximum absolute atomic E-state index is 13.0. The molecule has 1 amide bonds. The molecule has 0 aliphatic rings. The first-order chi connectivity index (χ1) is 9.54. The van der Waals surface area contributed by atoms with E-state index in [1.165, 1.54) is 23.8 Å². The number of carbonyl (C=O) groups is 1. The largest absolute Gasteiger partial charge is 0.325 e. The summed E-state index contributed by atoms with van der Waals surface area (Å²) in [6.45, 7) is 0.964. The molecule has 0 saturated carbocycles. The number of thiophene rings is 1. The monoisotopic (exact) mass is 312 g/mol. The minimum atomic E-state index is -0.501. The van der Waals surface area contributed by atoms with Crippen LogP contribution in [0.3, 0.4) is 0 Å². The predicted octanol–water partition coefficient (Wildman–Crippen LogP) is 3.61. The van der Waals surface area contributed by atoms with Gasteiger partial charge in [0.15, 0.2) is 0 Å². The van der Waals surface area contributed by atoms with Crippen molar-refractivity contribution in [3.63, 3.8) is 0 Å². The van der Waals surface area contributed by atoms with E-state index in [0.717, 1.165) is 0 Å². The molecule has 0 fully saturated rings. The zero-order valence-electron chi connectivity index (χ0n) is 10.9. The van der Waals surface area contributed by atoms with Crippen molar-refractivity contribution >= 4 is 34.5 Å². The van der Waals surface area contributed by atoms with Crippen molar-refractivity contribution in [2.75, 3.05) is 18.9 Å². The molecule has 0 spiro atoms. The minimum Gasteiger partial charge on any atom is -0.325 e. The molecular weight excluding hydrogens is 299 g/mol. The molecule has 0 bridgehead atoms. The number of anilines is 1. The average Bonchev–Trinajstić information content (AvgIpc) is 2.86. The smallest absolute Gasteiger partial charge is 0.238 e. The van der Waals surface area contributed by atoms with Crippen molar-refractivity contribution in [1.82, 2.24) is 4.90 Å². The fraction of sp³-hybridized carbons (Fsp3) is 0.214. The van der Waals surface area contributed by atoms with Crippen molar-refractivity contribution < 1.29 is 9.18 Å². The Morgan fingerprint density at radius 2 is 2.25 bits per heavy atom. The van der Waals surface area contributed by atoms with E-state index in [1.807, 2.05) is 28.8 Å². The fourth-order valence-corrected chi connectivity index (χ4v) is 2.61. The van der Waals surface area contributed by atoms with Crippen molar-refractivity contribution in [3.8, 4) is 0 Å². The van der Waals surface area contributed by atoms with Gasteiger partial charge in [-0.05, 0) is 47.6 Å².